The average molecular weight is 481 g/mol. The van der Waals surface area contributed by atoms with E-state index < -0.39 is 23.7 Å². The van der Waals surface area contributed by atoms with Crippen LogP contribution in [0.25, 0.3) is 0 Å². The Balaban J connectivity index is 1.92. The van der Waals surface area contributed by atoms with Crippen molar-refractivity contribution in [2.45, 2.75) is 57.8 Å². The fraction of sp³-hybridized carbons (Fsp3) is 0.571. The Kier molecular flexibility index (Phi) is 8.05. The smallest absolute Gasteiger partial charge is 0.329 e. The molecule has 0 radical (unpaired) electrons. The molecule has 0 aliphatic carbocycles. The lowest BCUT2D eigenvalue weighted by Crippen LogP contribution is -2.53. The molecular formula is C21H28N4O5S2. The number of oxazole rings is 1. The summed E-state index contributed by atoms with van der Waals surface area (Å²) < 4.78 is 11.1. The third-order valence-electron chi connectivity index (χ3n) is 5.04. The zero-order valence-corrected chi connectivity index (χ0v) is 20.0. The lowest BCUT2D eigenvalue weighted by molar-refractivity contribution is -0.153. The van der Waals surface area contributed by atoms with Crippen molar-refractivity contribution in [1.82, 2.24) is 15.6 Å². The van der Waals surface area contributed by atoms with Crippen LogP contribution in [0.2, 0.25) is 0 Å². The van der Waals surface area contributed by atoms with Gasteiger partial charge in [0.05, 0.1) is 13.0 Å². The number of amides is 2. The maximum absolute atomic E-state index is 13.1. The van der Waals surface area contributed by atoms with Crippen molar-refractivity contribution in [3.63, 3.8) is 0 Å². The van der Waals surface area contributed by atoms with Crippen LogP contribution in [0.1, 0.15) is 45.2 Å². The molecule has 0 saturated heterocycles. The predicted molar refractivity (Wildman–Crippen MR) is 125 cm³/mol. The zero-order valence-electron chi connectivity index (χ0n) is 18.3. The largest absolute Gasteiger partial charge is 0.456 e. The summed E-state index contributed by atoms with van der Waals surface area (Å²) >= 11 is 5.56. The average Bonchev–Trinajstić information content (AvgIpc) is 3.37. The van der Waals surface area contributed by atoms with Crippen molar-refractivity contribution in [2.24, 2.45) is 10.9 Å². The highest BCUT2D eigenvalue weighted by Gasteiger charge is 2.41. The van der Waals surface area contributed by atoms with E-state index in [1.807, 2.05) is 19.9 Å². The molecule has 9 nitrogen and oxygen atoms in total. The molecule has 0 saturated carbocycles. The van der Waals surface area contributed by atoms with Crippen LogP contribution in [0, 0.1) is 5.92 Å². The Morgan fingerprint density at radius 3 is 2.88 bits per heavy atom. The van der Waals surface area contributed by atoms with Crippen LogP contribution < -0.4 is 10.6 Å². The molecule has 174 valence electrons. The van der Waals surface area contributed by atoms with Gasteiger partial charge in [-0.25, -0.2) is 9.78 Å². The van der Waals surface area contributed by atoms with E-state index in [1.54, 1.807) is 13.0 Å². The maximum atomic E-state index is 13.1. The summed E-state index contributed by atoms with van der Waals surface area (Å²) in [6.45, 7) is 5.45. The molecule has 3 atom stereocenters. The summed E-state index contributed by atoms with van der Waals surface area (Å²) in [6, 6.07) is -0.876. The van der Waals surface area contributed by atoms with E-state index in [9.17, 15) is 14.4 Å². The lowest BCUT2D eigenvalue weighted by atomic mass is 10.0. The number of allylic oxidation sites excluding steroid dienone is 1. The number of rotatable bonds is 4. The van der Waals surface area contributed by atoms with Crippen molar-refractivity contribution in [3.8, 4) is 0 Å². The topological polar surface area (TPSA) is 123 Å². The van der Waals surface area contributed by atoms with Gasteiger partial charge in [0.25, 0.3) is 0 Å². The second-order valence-electron chi connectivity index (χ2n) is 8.20. The van der Waals surface area contributed by atoms with Crippen LogP contribution in [-0.4, -0.2) is 57.0 Å². The minimum atomic E-state index is -1.05. The van der Waals surface area contributed by atoms with Gasteiger partial charge >= 0.3 is 5.97 Å². The molecule has 3 rings (SSSR count). The number of cyclic esters (lactones) is 1. The van der Waals surface area contributed by atoms with Gasteiger partial charge in [-0.05, 0) is 31.1 Å². The number of fused-ring (bicyclic) bond motifs is 4. The Hall–Kier alpha value is -2.27. The number of ether oxygens (including phenoxy) is 1. The number of thiol groups is 1. The molecule has 11 heteroatoms. The molecule has 2 N–H and O–H groups in total. The number of aromatic nitrogens is 1. The van der Waals surface area contributed by atoms with E-state index in [1.165, 1.54) is 18.0 Å². The molecule has 0 fully saturated rings. The SMILES string of the molecule is CC(C)[C@@H]1NC(=O)[C@]2(C)CSC(=N2)c2coc(n2)CNC(=O)C[C@@H](/C=C/CCS)OC1=O. The molecule has 0 aromatic carbocycles. The van der Waals surface area contributed by atoms with Gasteiger partial charge in [0.15, 0.2) is 0 Å². The number of hydrogen-bond acceptors (Lipinski definition) is 9. The molecule has 0 unspecified atom stereocenters. The van der Waals surface area contributed by atoms with E-state index in [0.29, 0.717) is 34.6 Å². The lowest BCUT2D eigenvalue weighted by Gasteiger charge is -2.27. The van der Waals surface area contributed by atoms with E-state index >= 15 is 0 Å². The number of aliphatic imine (C=N–C) groups is 1. The third kappa shape index (κ3) is 5.94. The highest BCUT2D eigenvalue weighted by atomic mass is 32.2. The zero-order chi connectivity index (χ0) is 23.3. The maximum Gasteiger partial charge on any atom is 0.329 e. The van der Waals surface area contributed by atoms with Crippen LogP contribution in [-0.2, 0) is 25.7 Å². The van der Waals surface area contributed by atoms with Gasteiger partial charge < -0.3 is 19.8 Å². The quantitative estimate of drug-likeness (QED) is 0.342. The van der Waals surface area contributed by atoms with Gasteiger partial charge in [-0.15, -0.1) is 11.8 Å². The molecule has 2 amide bonds. The summed E-state index contributed by atoms with van der Waals surface area (Å²) in [5, 5.41) is 6.11. The first-order valence-corrected chi connectivity index (χ1v) is 12.1. The van der Waals surface area contributed by atoms with E-state index in [0.717, 1.165) is 0 Å². The Morgan fingerprint density at radius 1 is 1.38 bits per heavy atom. The van der Waals surface area contributed by atoms with Crippen molar-refractivity contribution < 1.29 is 23.5 Å². The van der Waals surface area contributed by atoms with E-state index in [4.69, 9.17) is 9.15 Å². The van der Waals surface area contributed by atoms with Crippen molar-refractivity contribution >= 4 is 47.2 Å². The molecule has 0 spiro atoms. The van der Waals surface area contributed by atoms with Gasteiger partial charge in [0, 0.05) is 5.75 Å². The molecule has 2 aliphatic rings. The molecule has 3 heterocycles. The monoisotopic (exact) mass is 480 g/mol. The number of thioether (sulfide) groups is 1. The van der Waals surface area contributed by atoms with Crippen LogP contribution in [0.3, 0.4) is 0 Å². The summed E-state index contributed by atoms with van der Waals surface area (Å²) in [6.07, 6.45) is 4.76. The fourth-order valence-electron chi connectivity index (χ4n) is 3.15. The van der Waals surface area contributed by atoms with Crippen LogP contribution in [0.4, 0.5) is 0 Å². The number of carbonyl (C=O) groups is 3. The van der Waals surface area contributed by atoms with Gasteiger partial charge in [-0.2, -0.15) is 12.6 Å². The molecular weight excluding hydrogens is 452 g/mol. The van der Waals surface area contributed by atoms with Gasteiger partial charge in [-0.1, -0.05) is 19.9 Å². The van der Waals surface area contributed by atoms with E-state index in [-0.39, 0.29) is 30.7 Å². The number of esters is 1. The summed E-state index contributed by atoms with van der Waals surface area (Å²) in [4.78, 5) is 47.4. The van der Waals surface area contributed by atoms with Gasteiger partial charge in [0.1, 0.15) is 34.7 Å². The fourth-order valence-corrected chi connectivity index (χ4v) is 4.42. The highest BCUT2D eigenvalue weighted by molar-refractivity contribution is 8.14. The molecule has 4 bridgehead atoms. The number of carbonyl (C=O) groups excluding carboxylic acids is 3. The molecule has 1 aromatic heterocycles. The Bertz CT molecular complexity index is 929. The standard InChI is InChI=1S/C21H28N4O5S2/c1-12(2)17-19(27)30-13(6-4-5-7-31)8-15(26)22-9-16-23-14(10-29-16)18-25-21(3,11-32-18)20(28)24-17/h4,6,10,12-13,17,31H,5,7-9,11H2,1-3H3,(H,22,26)(H,24,28)/b6-4+/t13-,17+,21+/m1/s1. The molecule has 1 aromatic rings. The Labute approximate surface area is 196 Å². The summed E-state index contributed by atoms with van der Waals surface area (Å²) in [5.41, 5.74) is -0.542. The molecule has 2 aliphatic heterocycles. The van der Waals surface area contributed by atoms with Gasteiger partial charge in [-0.3, -0.25) is 14.6 Å². The van der Waals surface area contributed by atoms with Crippen LogP contribution in [0.5, 0.6) is 0 Å². The first-order valence-electron chi connectivity index (χ1n) is 10.4. The second kappa shape index (κ2) is 10.6. The first-order chi connectivity index (χ1) is 15.2. The summed E-state index contributed by atoms with van der Waals surface area (Å²) in [5.74, 6) is -0.160. The van der Waals surface area contributed by atoms with Crippen LogP contribution in [0.15, 0.2) is 27.8 Å². The number of nitrogens with zero attached hydrogens (tertiary/aromatic N) is 2. The normalized spacial score (nSPS) is 27.3. The van der Waals surface area contributed by atoms with E-state index in [2.05, 4.69) is 33.2 Å². The van der Waals surface area contributed by atoms with Crippen molar-refractivity contribution in [1.29, 1.82) is 0 Å². The minimum Gasteiger partial charge on any atom is -0.456 e. The minimum absolute atomic E-state index is 0.0680. The second-order valence-corrected chi connectivity index (χ2v) is 9.61. The predicted octanol–water partition coefficient (Wildman–Crippen LogP) is 1.88. The third-order valence-corrected chi connectivity index (χ3v) is 6.58. The first kappa shape index (κ1) is 24.4. The molecule has 32 heavy (non-hydrogen) atoms. The Morgan fingerprint density at radius 2 is 2.16 bits per heavy atom. The van der Waals surface area contributed by atoms with Crippen LogP contribution >= 0.6 is 24.4 Å². The van der Waals surface area contributed by atoms with Crippen molar-refractivity contribution in [2.75, 3.05) is 11.5 Å². The number of nitrogens with one attached hydrogen (secondary N) is 2. The number of hydrogen-bond donors (Lipinski definition) is 3. The highest BCUT2D eigenvalue weighted by Crippen LogP contribution is 2.31. The van der Waals surface area contributed by atoms with Gasteiger partial charge in [0.2, 0.25) is 17.7 Å². The summed E-state index contributed by atoms with van der Waals surface area (Å²) in [7, 11) is 0. The van der Waals surface area contributed by atoms with Crippen molar-refractivity contribution in [3.05, 3.63) is 30.0 Å².